The molecule has 1 atom stereocenters. The van der Waals surface area contributed by atoms with Gasteiger partial charge in [0.05, 0.1) is 6.20 Å². The first-order valence-corrected chi connectivity index (χ1v) is 11.2. The minimum atomic E-state index is -0.177. The Morgan fingerprint density at radius 1 is 1.03 bits per heavy atom. The fraction of sp³-hybridized carbons (Fsp3) is 0.250. The maximum absolute atomic E-state index is 5.07. The van der Waals surface area contributed by atoms with Gasteiger partial charge in [0.2, 0.25) is 5.95 Å². The fourth-order valence-corrected chi connectivity index (χ4v) is 5.45. The van der Waals surface area contributed by atoms with Crippen LogP contribution in [0.1, 0.15) is 32.0 Å². The van der Waals surface area contributed by atoms with Gasteiger partial charge in [-0.2, -0.15) is 4.98 Å². The maximum atomic E-state index is 5.07. The highest BCUT2D eigenvalue weighted by Crippen LogP contribution is 2.48. The summed E-state index contributed by atoms with van der Waals surface area (Å²) in [6, 6.07) is 10.2. The number of pyridine rings is 1. The Hall–Kier alpha value is -4.14. The predicted molar refractivity (Wildman–Crippen MR) is 123 cm³/mol. The zero-order valence-corrected chi connectivity index (χ0v) is 18.1. The SMILES string of the molecule is CC[C@@]12CCCN1c1nc(-n3ccnc3-c3nccc4ccccc34)ncc1-n1cnnc12. The average Bonchev–Trinajstić information content (AvgIpc) is 3.63. The van der Waals surface area contributed by atoms with Crippen LogP contribution in [0.25, 0.3) is 33.9 Å². The van der Waals surface area contributed by atoms with Gasteiger partial charge in [0.15, 0.2) is 17.5 Å². The van der Waals surface area contributed by atoms with Gasteiger partial charge in [-0.05, 0) is 30.7 Å². The summed E-state index contributed by atoms with van der Waals surface area (Å²) in [5.74, 6) is 3.19. The summed E-state index contributed by atoms with van der Waals surface area (Å²) in [5.41, 5.74) is 1.55. The first kappa shape index (κ1) is 18.4. The first-order chi connectivity index (χ1) is 16.3. The molecule has 0 saturated carbocycles. The topological polar surface area (TPSA) is 90.4 Å². The summed E-state index contributed by atoms with van der Waals surface area (Å²) in [6.45, 7) is 3.15. The summed E-state index contributed by atoms with van der Waals surface area (Å²) >= 11 is 0. The number of hydrogen-bond donors (Lipinski definition) is 0. The van der Waals surface area contributed by atoms with E-state index in [1.165, 1.54) is 0 Å². The molecule has 7 rings (SSSR count). The van der Waals surface area contributed by atoms with Gasteiger partial charge < -0.3 is 4.90 Å². The van der Waals surface area contributed by atoms with Gasteiger partial charge in [-0.1, -0.05) is 31.2 Å². The molecule has 0 aliphatic carbocycles. The second-order valence-corrected chi connectivity index (χ2v) is 8.55. The van der Waals surface area contributed by atoms with Crippen molar-refractivity contribution in [3.63, 3.8) is 0 Å². The first-order valence-electron chi connectivity index (χ1n) is 11.2. The lowest BCUT2D eigenvalue weighted by molar-refractivity contribution is 0.382. The molecule has 33 heavy (non-hydrogen) atoms. The highest BCUT2D eigenvalue weighted by molar-refractivity contribution is 5.93. The van der Waals surface area contributed by atoms with Gasteiger partial charge in [-0.3, -0.25) is 14.1 Å². The van der Waals surface area contributed by atoms with Gasteiger partial charge in [-0.15, -0.1) is 10.2 Å². The summed E-state index contributed by atoms with van der Waals surface area (Å²) in [6.07, 6.45) is 12.2. The molecule has 5 aromatic rings. The largest absolute Gasteiger partial charge is 0.342 e. The normalized spacial score (nSPS) is 18.9. The van der Waals surface area contributed by atoms with E-state index in [4.69, 9.17) is 9.97 Å². The number of nitrogens with zero attached hydrogens (tertiary/aromatic N) is 9. The summed E-state index contributed by atoms with van der Waals surface area (Å²) in [5, 5.41) is 10.9. The van der Waals surface area contributed by atoms with E-state index >= 15 is 0 Å². The molecule has 1 saturated heterocycles. The number of rotatable bonds is 3. The minimum absolute atomic E-state index is 0.177. The van der Waals surface area contributed by atoms with Crippen LogP contribution in [0.5, 0.6) is 0 Å². The van der Waals surface area contributed by atoms with Crippen molar-refractivity contribution in [3.8, 4) is 23.2 Å². The smallest absolute Gasteiger partial charge is 0.237 e. The van der Waals surface area contributed by atoms with Crippen LogP contribution in [-0.2, 0) is 5.54 Å². The van der Waals surface area contributed by atoms with Crippen LogP contribution in [0.3, 0.4) is 0 Å². The molecule has 2 aliphatic heterocycles. The van der Waals surface area contributed by atoms with Crippen LogP contribution in [-0.4, -0.2) is 45.8 Å². The van der Waals surface area contributed by atoms with Gasteiger partial charge in [0.1, 0.15) is 23.2 Å². The lowest BCUT2D eigenvalue weighted by Gasteiger charge is -2.42. The standard InChI is InChI=1S/C24H21N9/c1-2-24-9-5-12-33(24)20-18(32-15-28-30-22(24)32)14-27-23(29-20)31-13-11-26-21(31)19-17-7-4-3-6-16(17)8-10-25-19/h3-4,6-8,10-11,13-15H,2,5,9,12H2,1H3/t24-/m0/s1. The third kappa shape index (κ3) is 2.41. The minimum Gasteiger partial charge on any atom is -0.342 e. The highest BCUT2D eigenvalue weighted by Gasteiger charge is 2.49. The Kier molecular flexibility index (Phi) is 3.73. The van der Waals surface area contributed by atoms with E-state index in [-0.39, 0.29) is 5.54 Å². The second kappa shape index (κ2) is 6.68. The lowest BCUT2D eigenvalue weighted by atomic mass is 9.90. The molecule has 0 amide bonds. The van der Waals surface area contributed by atoms with Crippen molar-refractivity contribution in [1.82, 2.24) is 39.3 Å². The summed E-state index contributed by atoms with van der Waals surface area (Å²) < 4.78 is 3.96. The number of hydrogen-bond acceptors (Lipinski definition) is 7. The van der Waals surface area contributed by atoms with Crippen molar-refractivity contribution in [2.24, 2.45) is 0 Å². The molecule has 6 heterocycles. The molecule has 0 N–H and O–H groups in total. The van der Waals surface area contributed by atoms with Crippen molar-refractivity contribution in [2.75, 3.05) is 11.4 Å². The third-order valence-electron chi connectivity index (χ3n) is 7.03. The van der Waals surface area contributed by atoms with Crippen molar-refractivity contribution >= 4 is 16.6 Å². The Balaban J connectivity index is 1.42. The second-order valence-electron chi connectivity index (χ2n) is 8.55. The van der Waals surface area contributed by atoms with Gasteiger partial charge in [0, 0.05) is 30.5 Å². The van der Waals surface area contributed by atoms with Crippen molar-refractivity contribution in [2.45, 2.75) is 31.7 Å². The monoisotopic (exact) mass is 435 g/mol. The van der Waals surface area contributed by atoms with E-state index in [1.807, 2.05) is 45.9 Å². The highest BCUT2D eigenvalue weighted by atomic mass is 15.4. The predicted octanol–water partition coefficient (Wildman–Crippen LogP) is 3.68. The van der Waals surface area contributed by atoms with E-state index in [9.17, 15) is 0 Å². The lowest BCUT2D eigenvalue weighted by Crippen LogP contribution is -2.46. The average molecular weight is 435 g/mol. The van der Waals surface area contributed by atoms with Crippen molar-refractivity contribution in [3.05, 3.63) is 67.3 Å². The van der Waals surface area contributed by atoms with E-state index in [0.29, 0.717) is 5.95 Å². The number of fused-ring (bicyclic) bond motifs is 7. The molecular weight excluding hydrogens is 414 g/mol. The number of imidazole rings is 1. The summed E-state index contributed by atoms with van der Waals surface area (Å²) in [7, 11) is 0. The fourth-order valence-electron chi connectivity index (χ4n) is 5.45. The molecule has 2 aliphatic rings. The van der Waals surface area contributed by atoms with Crippen LogP contribution >= 0.6 is 0 Å². The molecule has 0 spiro atoms. The Morgan fingerprint density at radius 3 is 2.91 bits per heavy atom. The Morgan fingerprint density at radius 2 is 1.97 bits per heavy atom. The number of aromatic nitrogens is 8. The van der Waals surface area contributed by atoms with Crippen LogP contribution in [0, 0.1) is 0 Å². The number of benzene rings is 1. The van der Waals surface area contributed by atoms with Gasteiger partial charge >= 0.3 is 0 Å². The molecular formula is C24H21N9. The Labute approximate surface area is 189 Å². The molecule has 1 aromatic carbocycles. The van der Waals surface area contributed by atoms with E-state index in [0.717, 1.165) is 65.4 Å². The van der Waals surface area contributed by atoms with E-state index in [2.05, 4.69) is 44.1 Å². The molecule has 9 heteroatoms. The van der Waals surface area contributed by atoms with Crippen LogP contribution in [0.4, 0.5) is 5.82 Å². The third-order valence-corrected chi connectivity index (χ3v) is 7.03. The van der Waals surface area contributed by atoms with Gasteiger partial charge in [-0.25, -0.2) is 9.97 Å². The Bertz CT molecular complexity index is 1510. The molecule has 0 radical (unpaired) electrons. The molecule has 9 nitrogen and oxygen atoms in total. The van der Waals surface area contributed by atoms with Crippen molar-refractivity contribution < 1.29 is 0 Å². The maximum Gasteiger partial charge on any atom is 0.237 e. The molecule has 1 fully saturated rings. The zero-order valence-electron chi connectivity index (χ0n) is 18.1. The summed E-state index contributed by atoms with van der Waals surface area (Å²) in [4.78, 5) is 21.5. The quantitative estimate of drug-likeness (QED) is 0.427. The van der Waals surface area contributed by atoms with Crippen molar-refractivity contribution in [1.29, 1.82) is 0 Å². The number of anilines is 1. The van der Waals surface area contributed by atoms with Crippen LogP contribution in [0.15, 0.2) is 61.4 Å². The van der Waals surface area contributed by atoms with Gasteiger partial charge in [0.25, 0.3) is 0 Å². The molecule has 4 aromatic heterocycles. The molecule has 0 unspecified atom stereocenters. The van der Waals surface area contributed by atoms with E-state index in [1.54, 1.807) is 12.5 Å². The molecule has 162 valence electrons. The van der Waals surface area contributed by atoms with Crippen LogP contribution in [0.2, 0.25) is 0 Å². The van der Waals surface area contributed by atoms with E-state index < -0.39 is 0 Å². The zero-order chi connectivity index (χ0) is 22.0. The van der Waals surface area contributed by atoms with Crippen LogP contribution < -0.4 is 4.90 Å². The molecule has 0 bridgehead atoms.